The fourth-order valence-corrected chi connectivity index (χ4v) is 1.90. The second kappa shape index (κ2) is 6.53. The molecule has 0 spiro atoms. The second-order valence-electron chi connectivity index (χ2n) is 4.88. The van der Waals surface area contributed by atoms with E-state index in [1.165, 1.54) is 6.08 Å². The van der Waals surface area contributed by atoms with Crippen LogP contribution in [0.15, 0.2) is 54.6 Å². The summed E-state index contributed by atoms with van der Waals surface area (Å²) in [6.45, 7) is 0. The Bertz CT molecular complexity index is 707. The molecule has 3 nitrogen and oxygen atoms in total. The molecule has 0 fully saturated rings. The zero-order valence-corrected chi connectivity index (χ0v) is 12.1. The number of nitriles is 1. The van der Waals surface area contributed by atoms with Gasteiger partial charge >= 0.3 is 0 Å². The first-order chi connectivity index (χ1) is 10.1. The van der Waals surface area contributed by atoms with Crippen LogP contribution in [-0.4, -0.2) is 19.9 Å². The van der Waals surface area contributed by atoms with Gasteiger partial charge in [-0.3, -0.25) is 4.79 Å². The van der Waals surface area contributed by atoms with Gasteiger partial charge < -0.3 is 4.90 Å². The van der Waals surface area contributed by atoms with Gasteiger partial charge in [0, 0.05) is 25.3 Å². The monoisotopic (exact) mass is 276 g/mol. The Kier molecular flexibility index (Phi) is 4.53. The van der Waals surface area contributed by atoms with Crippen molar-refractivity contribution in [2.24, 2.45) is 0 Å². The minimum Gasteiger partial charge on any atom is -0.378 e. The molecule has 0 radical (unpaired) electrons. The molecular weight excluding hydrogens is 260 g/mol. The number of hydrogen-bond donors (Lipinski definition) is 0. The fraction of sp³-hybridized carbons (Fsp3) is 0.111. The van der Waals surface area contributed by atoms with Crippen molar-refractivity contribution >= 4 is 17.5 Å². The Morgan fingerprint density at radius 1 is 1.14 bits per heavy atom. The number of ketones is 1. The van der Waals surface area contributed by atoms with E-state index >= 15 is 0 Å². The molecular formula is C18H16N2O. The largest absolute Gasteiger partial charge is 0.378 e. The molecule has 0 aliphatic rings. The van der Waals surface area contributed by atoms with E-state index in [1.807, 2.05) is 49.3 Å². The van der Waals surface area contributed by atoms with E-state index in [2.05, 4.69) is 6.07 Å². The molecule has 2 aromatic rings. The minimum absolute atomic E-state index is 0.0531. The first-order valence-electron chi connectivity index (χ1n) is 6.60. The van der Waals surface area contributed by atoms with Crippen LogP contribution >= 0.6 is 0 Å². The van der Waals surface area contributed by atoms with E-state index < -0.39 is 0 Å². The minimum atomic E-state index is -0.0531. The molecule has 0 amide bonds. The maximum atomic E-state index is 12.1. The van der Waals surface area contributed by atoms with E-state index in [0.29, 0.717) is 11.1 Å². The third-order valence-corrected chi connectivity index (χ3v) is 3.11. The van der Waals surface area contributed by atoms with Crippen LogP contribution in [-0.2, 0) is 0 Å². The third-order valence-electron chi connectivity index (χ3n) is 3.11. The average Bonchev–Trinajstić information content (AvgIpc) is 2.53. The number of rotatable bonds is 4. The maximum Gasteiger partial charge on any atom is 0.185 e. The lowest BCUT2D eigenvalue weighted by Gasteiger charge is -2.11. The van der Waals surface area contributed by atoms with E-state index in [0.717, 1.165) is 11.3 Å². The molecule has 0 aliphatic heterocycles. The van der Waals surface area contributed by atoms with Crippen LogP contribution in [0.25, 0.3) is 6.08 Å². The number of nitrogens with zero attached hydrogens (tertiary/aromatic N) is 2. The Labute approximate surface area is 124 Å². The predicted octanol–water partition coefficient (Wildman–Crippen LogP) is 3.52. The van der Waals surface area contributed by atoms with Gasteiger partial charge in [0.2, 0.25) is 0 Å². The standard InChI is InChI=1S/C18H16N2O/c1-20(2)17-9-7-16(8-10-17)18(21)11-6-14-4-3-5-15(12-14)13-19/h3-12H,1-2H3. The lowest BCUT2D eigenvalue weighted by molar-refractivity contribution is 0.104. The van der Waals surface area contributed by atoms with Crippen molar-refractivity contribution in [3.05, 3.63) is 71.3 Å². The Hall–Kier alpha value is -2.86. The van der Waals surface area contributed by atoms with Crippen LogP contribution in [0, 0.1) is 11.3 Å². The van der Waals surface area contributed by atoms with Crippen LogP contribution in [0.5, 0.6) is 0 Å². The van der Waals surface area contributed by atoms with Crippen LogP contribution < -0.4 is 4.90 Å². The van der Waals surface area contributed by atoms with Crippen molar-refractivity contribution in [2.75, 3.05) is 19.0 Å². The molecule has 21 heavy (non-hydrogen) atoms. The number of carbonyl (C=O) groups excluding carboxylic acids is 1. The summed E-state index contributed by atoms with van der Waals surface area (Å²) < 4.78 is 0. The molecule has 2 aromatic carbocycles. The molecule has 0 bridgehead atoms. The summed E-state index contributed by atoms with van der Waals surface area (Å²) in [5.41, 5.74) is 3.12. The predicted molar refractivity (Wildman–Crippen MR) is 85.3 cm³/mol. The highest BCUT2D eigenvalue weighted by Gasteiger charge is 2.02. The molecule has 0 atom stereocenters. The third kappa shape index (κ3) is 3.80. The fourth-order valence-electron chi connectivity index (χ4n) is 1.90. The summed E-state index contributed by atoms with van der Waals surface area (Å²) in [7, 11) is 3.91. The highest BCUT2D eigenvalue weighted by Crippen LogP contribution is 2.13. The number of carbonyl (C=O) groups is 1. The molecule has 0 N–H and O–H groups in total. The Morgan fingerprint density at radius 2 is 1.86 bits per heavy atom. The van der Waals surface area contributed by atoms with Gasteiger partial charge in [-0.1, -0.05) is 18.2 Å². The van der Waals surface area contributed by atoms with E-state index in [9.17, 15) is 4.79 Å². The molecule has 0 unspecified atom stereocenters. The van der Waals surface area contributed by atoms with Crippen molar-refractivity contribution in [2.45, 2.75) is 0 Å². The van der Waals surface area contributed by atoms with Crippen LogP contribution in [0.2, 0.25) is 0 Å². The van der Waals surface area contributed by atoms with Crippen LogP contribution in [0.3, 0.4) is 0 Å². The van der Waals surface area contributed by atoms with Gasteiger partial charge in [0.1, 0.15) is 0 Å². The highest BCUT2D eigenvalue weighted by molar-refractivity contribution is 6.07. The quantitative estimate of drug-likeness (QED) is 0.634. The summed E-state index contributed by atoms with van der Waals surface area (Å²) in [5, 5.41) is 8.84. The van der Waals surface area contributed by atoms with Gasteiger partial charge in [-0.05, 0) is 48.0 Å². The van der Waals surface area contributed by atoms with Crippen molar-refractivity contribution in [1.29, 1.82) is 5.26 Å². The van der Waals surface area contributed by atoms with E-state index in [4.69, 9.17) is 5.26 Å². The summed E-state index contributed by atoms with van der Waals surface area (Å²) in [6, 6.07) is 16.7. The normalized spacial score (nSPS) is 10.3. The molecule has 0 saturated carbocycles. The summed E-state index contributed by atoms with van der Waals surface area (Å²) in [4.78, 5) is 14.1. The lowest BCUT2D eigenvalue weighted by Crippen LogP contribution is -2.08. The Balaban J connectivity index is 2.13. The molecule has 0 aromatic heterocycles. The first-order valence-corrected chi connectivity index (χ1v) is 6.60. The van der Waals surface area contributed by atoms with E-state index in [1.54, 1.807) is 24.3 Å². The molecule has 0 aliphatic carbocycles. The summed E-state index contributed by atoms with van der Waals surface area (Å²) in [6.07, 6.45) is 3.25. The van der Waals surface area contributed by atoms with Crippen molar-refractivity contribution in [1.82, 2.24) is 0 Å². The first kappa shape index (κ1) is 14.5. The number of hydrogen-bond acceptors (Lipinski definition) is 3. The van der Waals surface area contributed by atoms with Crippen molar-refractivity contribution in [3.8, 4) is 6.07 Å². The molecule has 3 heteroatoms. The van der Waals surface area contributed by atoms with Gasteiger partial charge in [-0.2, -0.15) is 5.26 Å². The average molecular weight is 276 g/mol. The zero-order chi connectivity index (χ0) is 15.2. The lowest BCUT2D eigenvalue weighted by atomic mass is 10.1. The number of allylic oxidation sites excluding steroid dienone is 1. The van der Waals surface area contributed by atoms with Gasteiger partial charge in [0.25, 0.3) is 0 Å². The van der Waals surface area contributed by atoms with Crippen molar-refractivity contribution < 1.29 is 4.79 Å². The van der Waals surface area contributed by atoms with Crippen molar-refractivity contribution in [3.63, 3.8) is 0 Å². The SMILES string of the molecule is CN(C)c1ccc(C(=O)C=Cc2cccc(C#N)c2)cc1. The Morgan fingerprint density at radius 3 is 2.48 bits per heavy atom. The highest BCUT2D eigenvalue weighted by atomic mass is 16.1. The second-order valence-corrected chi connectivity index (χ2v) is 4.88. The molecule has 0 saturated heterocycles. The van der Waals surface area contributed by atoms with Gasteiger partial charge in [-0.25, -0.2) is 0 Å². The van der Waals surface area contributed by atoms with Crippen LogP contribution in [0.4, 0.5) is 5.69 Å². The molecule has 0 heterocycles. The number of anilines is 1. The van der Waals surface area contributed by atoms with Gasteiger partial charge in [0.05, 0.1) is 11.6 Å². The molecule has 104 valence electrons. The summed E-state index contributed by atoms with van der Waals surface area (Å²) in [5.74, 6) is -0.0531. The maximum absolute atomic E-state index is 12.1. The smallest absolute Gasteiger partial charge is 0.185 e. The van der Waals surface area contributed by atoms with Crippen LogP contribution in [0.1, 0.15) is 21.5 Å². The van der Waals surface area contributed by atoms with Gasteiger partial charge in [-0.15, -0.1) is 0 Å². The topological polar surface area (TPSA) is 44.1 Å². The summed E-state index contributed by atoms with van der Waals surface area (Å²) >= 11 is 0. The molecule has 2 rings (SSSR count). The van der Waals surface area contributed by atoms with Gasteiger partial charge in [0.15, 0.2) is 5.78 Å². The zero-order valence-electron chi connectivity index (χ0n) is 12.1. The van der Waals surface area contributed by atoms with E-state index in [-0.39, 0.29) is 5.78 Å². The number of benzene rings is 2.